The average Bonchev–Trinajstić information content (AvgIpc) is 3.66. The van der Waals surface area contributed by atoms with Gasteiger partial charge in [0.2, 0.25) is 0 Å². The number of ether oxygens (including phenoxy) is 2. The highest BCUT2D eigenvalue weighted by molar-refractivity contribution is 6.30. The number of rotatable bonds is 15. The van der Waals surface area contributed by atoms with Gasteiger partial charge in [-0.15, -0.1) is 5.10 Å². The summed E-state index contributed by atoms with van der Waals surface area (Å²) in [6.07, 6.45) is 5.71. The van der Waals surface area contributed by atoms with Crippen molar-refractivity contribution in [1.29, 1.82) is 0 Å². The molecule has 2 aromatic heterocycles. The van der Waals surface area contributed by atoms with Gasteiger partial charge in [-0.1, -0.05) is 56.1 Å². The molecule has 8 nitrogen and oxygen atoms in total. The Kier molecular flexibility index (Phi) is 10.9. The smallest absolute Gasteiger partial charge is 0.311 e. The lowest BCUT2D eigenvalue weighted by Crippen LogP contribution is -2.29. The van der Waals surface area contributed by atoms with E-state index in [1.165, 1.54) is 11.3 Å². The van der Waals surface area contributed by atoms with Crippen LogP contribution in [-0.2, 0) is 22.7 Å². The van der Waals surface area contributed by atoms with E-state index in [9.17, 15) is 9.90 Å². The molecule has 1 unspecified atom stereocenters. The van der Waals surface area contributed by atoms with Gasteiger partial charge in [-0.05, 0) is 86.2 Å². The molecule has 9 heteroatoms. The predicted molar refractivity (Wildman–Crippen MR) is 174 cm³/mol. The van der Waals surface area contributed by atoms with Crippen molar-refractivity contribution >= 4 is 17.6 Å². The van der Waals surface area contributed by atoms with E-state index in [4.69, 9.17) is 21.1 Å². The monoisotopic (exact) mass is 620 g/mol. The largest absolute Gasteiger partial charge is 0.496 e. The lowest BCUT2D eigenvalue weighted by molar-refractivity contribution is -0.150. The number of carboxylic acids is 1. The Balaban J connectivity index is 1.62. The first kappa shape index (κ1) is 33.3. The van der Waals surface area contributed by atoms with Crippen LogP contribution in [0.25, 0.3) is 5.69 Å². The van der Waals surface area contributed by atoms with E-state index < -0.39 is 11.4 Å². The van der Waals surface area contributed by atoms with Gasteiger partial charge in [0.15, 0.2) is 0 Å². The number of carboxylic acid groups (broad SMARTS) is 1. The van der Waals surface area contributed by atoms with Gasteiger partial charge in [0.1, 0.15) is 5.75 Å². The number of nitrogens with zero attached hydrogens (tertiary/aromatic N) is 4. The molecule has 0 fully saturated rings. The summed E-state index contributed by atoms with van der Waals surface area (Å²) in [7, 11) is 1.71. The number of halogens is 1. The SMILES string of the molecule is CCC(C)[C@H](CCn1nncc1COCC(C)(C)C(=O)O)c1cccn1-c1ccc(Cl)cc1[C@H](C)c1cccc(OC)c1C. The van der Waals surface area contributed by atoms with Gasteiger partial charge in [-0.2, -0.15) is 0 Å². The maximum Gasteiger partial charge on any atom is 0.311 e. The number of methoxy groups -OCH3 is 1. The Labute approximate surface area is 266 Å². The van der Waals surface area contributed by atoms with Crippen LogP contribution >= 0.6 is 11.6 Å². The number of hydrogen-bond acceptors (Lipinski definition) is 5. The van der Waals surface area contributed by atoms with Crippen LogP contribution in [0.4, 0.5) is 0 Å². The van der Waals surface area contributed by atoms with Gasteiger partial charge in [-0.25, -0.2) is 4.68 Å². The van der Waals surface area contributed by atoms with Gasteiger partial charge in [0.05, 0.1) is 37.6 Å². The van der Waals surface area contributed by atoms with E-state index >= 15 is 0 Å². The van der Waals surface area contributed by atoms with Gasteiger partial charge in [-0.3, -0.25) is 4.79 Å². The van der Waals surface area contributed by atoms with Crippen molar-refractivity contribution in [3.05, 3.63) is 94.0 Å². The van der Waals surface area contributed by atoms with Crippen molar-refractivity contribution in [1.82, 2.24) is 19.6 Å². The second-order valence-corrected chi connectivity index (χ2v) is 12.7. The fourth-order valence-electron chi connectivity index (χ4n) is 5.82. The summed E-state index contributed by atoms with van der Waals surface area (Å²) in [4.78, 5) is 11.5. The quantitative estimate of drug-likeness (QED) is 0.145. The third-order valence-electron chi connectivity index (χ3n) is 8.86. The molecule has 0 saturated carbocycles. The van der Waals surface area contributed by atoms with Gasteiger partial charge < -0.3 is 19.1 Å². The number of aromatic nitrogens is 4. The molecule has 4 aromatic rings. The molecule has 0 aliphatic heterocycles. The number of benzene rings is 2. The lowest BCUT2D eigenvalue weighted by Gasteiger charge is -2.27. The van der Waals surface area contributed by atoms with Gasteiger partial charge in [0.25, 0.3) is 0 Å². The zero-order valence-corrected chi connectivity index (χ0v) is 27.6. The molecule has 4 rings (SSSR count). The summed E-state index contributed by atoms with van der Waals surface area (Å²) in [6.45, 7) is 13.2. The van der Waals surface area contributed by atoms with Crippen molar-refractivity contribution in [2.75, 3.05) is 13.7 Å². The second kappa shape index (κ2) is 14.4. The van der Waals surface area contributed by atoms with E-state index in [-0.39, 0.29) is 25.0 Å². The molecule has 0 aliphatic carbocycles. The molecule has 0 spiro atoms. The first-order valence-corrected chi connectivity index (χ1v) is 15.6. The summed E-state index contributed by atoms with van der Waals surface area (Å²) in [6, 6.07) is 16.7. The first-order chi connectivity index (χ1) is 21.0. The third-order valence-corrected chi connectivity index (χ3v) is 9.10. The topological polar surface area (TPSA) is 91.4 Å². The fourth-order valence-corrected chi connectivity index (χ4v) is 6.00. The molecule has 44 heavy (non-hydrogen) atoms. The second-order valence-electron chi connectivity index (χ2n) is 12.3. The Morgan fingerprint density at radius 3 is 2.59 bits per heavy atom. The molecule has 0 aliphatic rings. The molecule has 0 amide bonds. The van der Waals surface area contributed by atoms with Crippen molar-refractivity contribution in [2.45, 2.75) is 79.4 Å². The van der Waals surface area contributed by atoms with Crippen LogP contribution < -0.4 is 4.74 Å². The molecule has 0 radical (unpaired) electrons. The molecule has 3 atom stereocenters. The number of carbonyl (C=O) groups is 1. The van der Waals surface area contributed by atoms with Gasteiger partial charge >= 0.3 is 5.97 Å². The van der Waals surface area contributed by atoms with Crippen molar-refractivity contribution in [3.8, 4) is 11.4 Å². The van der Waals surface area contributed by atoms with E-state index in [1.807, 2.05) is 22.9 Å². The maximum atomic E-state index is 11.5. The standard InChI is InChI=1S/C35H45ClN4O4/c1-8-23(2)28(16-18-40-27(20-37-38-40)21-44-22-35(5,6)34(41)42)31-12-10-17-39(31)32-15-14-26(36)19-30(32)24(3)29-11-9-13-33(43-7)25(29)4/h9-15,17,19-20,23-24,28H,8,16,18,21-22H2,1-7H3,(H,41,42)/t23?,24-,28+/m1/s1. The molecule has 0 bridgehead atoms. The van der Waals surface area contributed by atoms with E-state index in [0.717, 1.165) is 41.1 Å². The normalized spacial score (nSPS) is 13.9. The summed E-state index contributed by atoms with van der Waals surface area (Å²) < 4.78 is 15.6. The van der Waals surface area contributed by atoms with Crippen LogP contribution in [0.1, 0.15) is 87.4 Å². The van der Waals surface area contributed by atoms with Crippen LogP contribution in [0, 0.1) is 18.3 Å². The van der Waals surface area contributed by atoms with E-state index in [1.54, 1.807) is 27.2 Å². The van der Waals surface area contributed by atoms with E-state index in [2.05, 4.69) is 79.1 Å². The van der Waals surface area contributed by atoms with Crippen LogP contribution in [0.2, 0.25) is 5.02 Å². The lowest BCUT2D eigenvalue weighted by atomic mass is 9.85. The third kappa shape index (κ3) is 7.36. The zero-order valence-electron chi connectivity index (χ0n) is 26.9. The van der Waals surface area contributed by atoms with Crippen LogP contribution in [0.5, 0.6) is 5.75 Å². The number of hydrogen-bond donors (Lipinski definition) is 1. The molecule has 2 heterocycles. The number of aliphatic carboxylic acids is 1. The molecule has 1 N–H and O–H groups in total. The van der Waals surface area contributed by atoms with Crippen LogP contribution in [-0.4, -0.2) is 44.4 Å². The Bertz CT molecular complexity index is 1560. The Morgan fingerprint density at radius 2 is 1.89 bits per heavy atom. The summed E-state index contributed by atoms with van der Waals surface area (Å²) >= 11 is 6.59. The first-order valence-electron chi connectivity index (χ1n) is 15.3. The molecule has 0 saturated heterocycles. The minimum absolute atomic E-state index is 0.0833. The minimum atomic E-state index is -0.964. The van der Waals surface area contributed by atoms with E-state index in [0.29, 0.717) is 17.5 Å². The van der Waals surface area contributed by atoms with Gasteiger partial charge in [0, 0.05) is 41.0 Å². The Morgan fingerprint density at radius 1 is 1.11 bits per heavy atom. The maximum absolute atomic E-state index is 11.5. The molecular formula is C35H45ClN4O4. The predicted octanol–water partition coefficient (Wildman–Crippen LogP) is 8.04. The molecular weight excluding hydrogens is 576 g/mol. The fraction of sp³-hybridized carbons (Fsp3) is 0.457. The summed E-state index contributed by atoms with van der Waals surface area (Å²) in [5.74, 6) is 0.730. The minimum Gasteiger partial charge on any atom is -0.496 e. The van der Waals surface area contributed by atoms with Crippen molar-refractivity contribution < 1.29 is 19.4 Å². The number of aryl methyl sites for hydroxylation is 1. The summed E-state index contributed by atoms with van der Waals surface area (Å²) in [5.41, 5.74) is 5.67. The van der Waals surface area contributed by atoms with Crippen LogP contribution in [0.15, 0.2) is 60.9 Å². The average molecular weight is 621 g/mol. The Hall–Kier alpha value is -3.62. The highest BCUT2D eigenvalue weighted by Crippen LogP contribution is 2.38. The van der Waals surface area contributed by atoms with Crippen molar-refractivity contribution in [3.63, 3.8) is 0 Å². The van der Waals surface area contributed by atoms with Crippen LogP contribution in [0.3, 0.4) is 0 Å². The highest BCUT2D eigenvalue weighted by Gasteiger charge is 2.28. The van der Waals surface area contributed by atoms with Crippen molar-refractivity contribution in [2.24, 2.45) is 11.3 Å². The summed E-state index contributed by atoms with van der Waals surface area (Å²) in [5, 5.41) is 18.5. The molecule has 2 aromatic carbocycles. The zero-order chi connectivity index (χ0) is 32.0. The highest BCUT2D eigenvalue weighted by atomic mass is 35.5. The molecule has 236 valence electrons.